The van der Waals surface area contributed by atoms with E-state index < -0.39 is 0 Å². The number of benzene rings is 2. The summed E-state index contributed by atoms with van der Waals surface area (Å²) >= 11 is 6.04. The Morgan fingerprint density at radius 3 is 2.60 bits per heavy atom. The zero-order chi connectivity index (χ0) is 17.5. The molecule has 0 bridgehead atoms. The van der Waals surface area contributed by atoms with Gasteiger partial charge in [-0.3, -0.25) is 9.69 Å². The number of ether oxygens (including phenoxy) is 1. The maximum Gasteiger partial charge on any atom is 0.271 e. The van der Waals surface area contributed by atoms with Crippen LogP contribution in [0.2, 0.25) is 5.02 Å². The lowest BCUT2D eigenvalue weighted by molar-refractivity contribution is 0.0342. The zero-order valence-electron chi connectivity index (χ0n) is 13.8. The van der Waals surface area contributed by atoms with Gasteiger partial charge in [0.1, 0.15) is 0 Å². The molecule has 25 heavy (non-hydrogen) atoms. The number of morpholine rings is 1. The van der Waals surface area contributed by atoms with Crippen molar-refractivity contribution < 1.29 is 9.53 Å². The average molecular weight is 358 g/mol. The van der Waals surface area contributed by atoms with Crippen molar-refractivity contribution in [2.45, 2.75) is 6.54 Å². The number of hydrogen-bond acceptors (Lipinski definition) is 4. The zero-order valence-corrected chi connectivity index (χ0v) is 14.6. The second-order valence-electron chi connectivity index (χ2n) is 5.81. The Morgan fingerprint density at radius 2 is 1.88 bits per heavy atom. The highest BCUT2D eigenvalue weighted by molar-refractivity contribution is 6.33. The van der Waals surface area contributed by atoms with Crippen LogP contribution in [0.15, 0.2) is 53.6 Å². The van der Waals surface area contributed by atoms with E-state index >= 15 is 0 Å². The molecule has 1 fully saturated rings. The van der Waals surface area contributed by atoms with E-state index in [0.717, 1.165) is 38.4 Å². The lowest BCUT2D eigenvalue weighted by Gasteiger charge is -2.26. The van der Waals surface area contributed by atoms with Gasteiger partial charge < -0.3 is 4.74 Å². The molecule has 3 rings (SSSR count). The molecule has 0 saturated carbocycles. The van der Waals surface area contributed by atoms with Gasteiger partial charge in [-0.2, -0.15) is 5.10 Å². The van der Waals surface area contributed by atoms with Crippen LogP contribution in [0.4, 0.5) is 0 Å². The van der Waals surface area contributed by atoms with Crippen molar-refractivity contribution in [2.24, 2.45) is 5.10 Å². The van der Waals surface area contributed by atoms with Gasteiger partial charge in [-0.1, -0.05) is 41.9 Å². The predicted octanol–water partition coefficient (Wildman–Crippen LogP) is 2.94. The topological polar surface area (TPSA) is 53.9 Å². The third-order valence-corrected chi connectivity index (χ3v) is 4.35. The number of carbonyl (C=O) groups excluding carboxylic acids is 1. The van der Waals surface area contributed by atoms with Crippen LogP contribution in [0.1, 0.15) is 21.5 Å². The molecule has 0 spiro atoms. The maximum atomic E-state index is 12.1. The second kappa shape index (κ2) is 8.76. The normalized spacial score (nSPS) is 15.4. The molecule has 0 aliphatic carbocycles. The van der Waals surface area contributed by atoms with Crippen LogP contribution < -0.4 is 5.43 Å². The first-order chi connectivity index (χ1) is 12.2. The molecule has 1 amide bonds. The first-order valence-corrected chi connectivity index (χ1v) is 8.57. The van der Waals surface area contributed by atoms with Crippen molar-refractivity contribution in [1.82, 2.24) is 10.3 Å². The molecule has 0 unspecified atom stereocenters. The Balaban J connectivity index is 1.54. The number of rotatable bonds is 5. The monoisotopic (exact) mass is 357 g/mol. The summed E-state index contributed by atoms with van der Waals surface area (Å²) < 4.78 is 5.35. The summed E-state index contributed by atoms with van der Waals surface area (Å²) in [7, 11) is 0. The minimum atomic E-state index is -0.249. The molecule has 1 aliphatic rings. The van der Waals surface area contributed by atoms with Gasteiger partial charge in [0.15, 0.2) is 0 Å². The molecule has 0 aromatic heterocycles. The summed E-state index contributed by atoms with van der Waals surface area (Å²) in [5.41, 5.74) is 5.03. The molecule has 5 nitrogen and oxygen atoms in total. The molecule has 0 atom stereocenters. The Hall–Kier alpha value is -2.21. The number of nitrogens with zero attached hydrogens (tertiary/aromatic N) is 2. The van der Waals surface area contributed by atoms with Crippen LogP contribution in [-0.2, 0) is 11.3 Å². The van der Waals surface area contributed by atoms with E-state index in [1.807, 2.05) is 42.5 Å². The van der Waals surface area contributed by atoms with Crippen molar-refractivity contribution in [3.05, 3.63) is 70.2 Å². The first-order valence-electron chi connectivity index (χ1n) is 8.19. The number of amides is 1. The number of carbonyl (C=O) groups is 1. The maximum absolute atomic E-state index is 12.1. The number of nitrogens with one attached hydrogen (secondary N) is 1. The van der Waals surface area contributed by atoms with Crippen molar-refractivity contribution in [3.8, 4) is 0 Å². The molecule has 130 valence electrons. The Morgan fingerprint density at radius 1 is 1.16 bits per heavy atom. The number of hydrogen-bond donors (Lipinski definition) is 1. The van der Waals surface area contributed by atoms with E-state index in [1.165, 1.54) is 11.8 Å². The van der Waals surface area contributed by atoms with E-state index in [0.29, 0.717) is 10.6 Å². The predicted molar refractivity (Wildman–Crippen MR) is 99.1 cm³/mol. The van der Waals surface area contributed by atoms with Gasteiger partial charge in [-0.25, -0.2) is 5.43 Å². The van der Waals surface area contributed by atoms with Crippen LogP contribution >= 0.6 is 11.6 Å². The summed E-state index contributed by atoms with van der Waals surface area (Å²) in [5.74, 6) is -0.249. The Bertz CT molecular complexity index is 741. The lowest BCUT2D eigenvalue weighted by atomic mass is 10.1. The fraction of sp³-hybridized carbons (Fsp3) is 0.263. The minimum absolute atomic E-state index is 0.249. The van der Waals surface area contributed by atoms with Crippen LogP contribution in [0.25, 0.3) is 0 Å². The van der Waals surface area contributed by atoms with Gasteiger partial charge in [0.05, 0.1) is 19.4 Å². The van der Waals surface area contributed by atoms with E-state index in [-0.39, 0.29) is 5.91 Å². The summed E-state index contributed by atoms with van der Waals surface area (Å²) in [6.45, 7) is 4.32. The van der Waals surface area contributed by atoms with E-state index in [2.05, 4.69) is 15.4 Å². The summed E-state index contributed by atoms with van der Waals surface area (Å²) in [5, 5.41) is 4.55. The fourth-order valence-corrected chi connectivity index (χ4v) is 2.77. The Kier molecular flexibility index (Phi) is 6.17. The minimum Gasteiger partial charge on any atom is -0.379 e. The van der Waals surface area contributed by atoms with E-state index in [1.54, 1.807) is 6.07 Å². The third-order valence-electron chi connectivity index (χ3n) is 4.00. The summed E-state index contributed by atoms with van der Waals surface area (Å²) in [6.07, 6.45) is 1.53. The lowest BCUT2D eigenvalue weighted by Crippen LogP contribution is -2.35. The highest BCUT2D eigenvalue weighted by Crippen LogP contribution is 2.12. The molecular formula is C19H20ClN3O2. The van der Waals surface area contributed by atoms with Crippen LogP contribution in [0.5, 0.6) is 0 Å². The molecule has 1 N–H and O–H groups in total. The Labute approximate surface area is 152 Å². The van der Waals surface area contributed by atoms with Gasteiger partial charge in [0, 0.05) is 35.8 Å². The van der Waals surface area contributed by atoms with Gasteiger partial charge in [-0.05, 0) is 23.8 Å². The van der Waals surface area contributed by atoms with Crippen molar-refractivity contribution >= 4 is 23.7 Å². The van der Waals surface area contributed by atoms with Gasteiger partial charge in [0.25, 0.3) is 5.91 Å². The molecule has 2 aromatic rings. The molecule has 2 aromatic carbocycles. The van der Waals surface area contributed by atoms with Gasteiger partial charge in [0.2, 0.25) is 0 Å². The molecule has 0 radical (unpaired) electrons. The van der Waals surface area contributed by atoms with E-state index in [4.69, 9.17) is 16.3 Å². The average Bonchev–Trinajstić information content (AvgIpc) is 2.65. The highest BCUT2D eigenvalue weighted by Gasteiger charge is 2.11. The third kappa shape index (κ3) is 5.13. The van der Waals surface area contributed by atoms with Gasteiger partial charge >= 0.3 is 0 Å². The summed E-state index contributed by atoms with van der Waals surface area (Å²) in [6, 6.07) is 14.9. The largest absolute Gasteiger partial charge is 0.379 e. The molecule has 6 heteroatoms. The quantitative estimate of drug-likeness (QED) is 0.661. The van der Waals surface area contributed by atoms with Gasteiger partial charge in [-0.15, -0.1) is 0 Å². The van der Waals surface area contributed by atoms with Crippen LogP contribution in [-0.4, -0.2) is 43.3 Å². The summed E-state index contributed by atoms with van der Waals surface area (Å²) in [4.78, 5) is 14.5. The van der Waals surface area contributed by atoms with Crippen molar-refractivity contribution in [3.63, 3.8) is 0 Å². The number of hydrazone groups is 1. The second-order valence-corrected chi connectivity index (χ2v) is 6.21. The molecular weight excluding hydrogens is 338 g/mol. The van der Waals surface area contributed by atoms with Crippen LogP contribution in [0.3, 0.4) is 0 Å². The molecule has 1 heterocycles. The fourth-order valence-electron chi connectivity index (χ4n) is 2.58. The van der Waals surface area contributed by atoms with Crippen molar-refractivity contribution in [1.29, 1.82) is 0 Å². The molecule has 1 aliphatic heterocycles. The SMILES string of the molecule is O=C(N/N=C/c1ccccc1Cl)c1ccc(CN2CCOCC2)cc1. The highest BCUT2D eigenvalue weighted by atomic mass is 35.5. The standard InChI is InChI=1S/C19H20ClN3O2/c20-18-4-2-1-3-17(18)13-21-22-19(24)16-7-5-15(6-8-16)14-23-9-11-25-12-10-23/h1-8,13H,9-12,14H2,(H,22,24)/b21-13+. The number of halogens is 1. The molecule has 1 saturated heterocycles. The van der Waals surface area contributed by atoms with Crippen molar-refractivity contribution in [2.75, 3.05) is 26.3 Å². The first kappa shape index (κ1) is 17.6. The smallest absolute Gasteiger partial charge is 0.271 e. The van der Waals surface area contributed by atoms with Crippen LogP contribution in [0, 0.1) is 0 Å². The van der Waals surface area contributed by atoms with E-state index in [9.17, 15) is 4.79 Å².